The van der Waals surface area contributed by atoms with Crippen LogP contribution in [0.5, 0.6) is 0 Å². The molecule has 1 aromatic carbocycles. The largest absolute Gasteiger partial charge is 0.399 e. The third kappa shape index (κ3) is 1.98. The van der Waals surface area contributed by atoms with Crippen molar-refractivity contribution in [1.82, 2.24) is 30.0 Å². The van der Waals surface area contributed by atoms with Gasteiger partial charge in [-0.15, -0.1) is 5.10 Å². The number of aryl methyl sites for hydroxylation is 1. The van der Waals surface area contributed by atoms with Gasteiger partial charge in [0.1, 0.15) is 5.69 Å². The Labute approximate surface area is 124 Å². The molecule has 2 N–H and O–H groups in total. The number of halogens is 1. The maximum absolute atomic E-state index is 14.0. The van der Waals surface area contributed by atoms with Crippen LogP contribution in [0.25, 0.3) is 5.69 Å². The van der Waals surface area contributed by atoms with Crippen LogP contribution in [-0.2, 0) is 20.1 Å². The Bertz CT molecular complexity index is 828. The Balaban J connectivity index is 1.62. The molecule has 0 fully saturated rings. The quantitative estimate of drug-likeness (QED) is 0.698. The van der Waals surface area contributed by atoms with Gasteiger partial charge in [-0.05, 0) is 23.4 Å². The van der Waals surface area contributed by atoms with Gasteiger partial charge in [-0.2, -0.15) is 9.90 Å². The van der Waals surface area contributed by atoms with E-state index < -0.39 is 5.82 Å². The Morgan fingerprint density at radius 2 is 2.09 bits per heavy atom. The first-order valence-electron chi connectivity index (χ1n) is 6.72. The number of fused-ring (bicyclic) bond motifs is 1. The predicted molar refractivity (Wildman–Crippen MR) is 76.6 cm³/mol. The minimum atomic E-state index is -0.395. The standard InChI is InChI=1S/C13H13FN8/c1-20-18-13(16-19-20)21-5-8-6-22(17-11(8)7-21)12-3-2-9(15)4-10(12)14/h2-4,6H,5,7,15H2,1H3. The molecule has 0 saturated heterocycles. The first-order valence-corrected chi connectivity index (χ1v) is 6.72. The van der Waals surface area contributed by atoms with E-state index >= 15 is 0 Å². The zero-order valence-electron chi connectivity index (χ0n) is 11.8. The lowest BCUT2D eigenvalue weighted by molar-refractivity contribution is 0.609. The molecule has 8 nitrogen and oxygen atoms in total. The van der Waals surface area contributed by atoms with Crippen LogP contribution in [0.2, 0.25) is 0 Å². The molecule has 0 spiro atoms. The lowest BCUT2D eigenvalue weighted by Crippen LogP contribution is -2.17. The van der Waals surface area contributed by atoms with Gasteiger partial charge in [-0.3, -0.25) is 0 Å². The van der Waals surface area contributed by atoms with Crippen molar-refractivity contribution in [2.45, 2.75) is 13.1 Å². The average molecular weight is 300 g/mol. The number of aromatic nitrogens is 6. The summed E-state index contributed by atoms with van der Waals surface area (Å²) in [6, 6.07) is 4.56. The van der Waals surface area contributed by atoms with E-state index in [1.54, 1.807) is 23.9 Å². The topological polar surface area (TPSA) is 90.7 Å². The van der Waals surface area contributed by atoms with Gasteiger partial charge in [0.2, 0.25) is 0 Å². The average Bonchev–Trinajstić information content (AvgIpc) is 3.12. The third-order valence-electron chi connectivity index (χ3n) is 3.58. The lowest BCUT2D eigenvalue weighted by atomic mass is 10.2. The van der Waals surface area contributed by atoms with E-state index in [1.807, 2.05) is 11.1 Å². The maximum Gasteiger partial charge on any atom is 0.266 e. The second-order valence-corrected chi connectivity index (χ2v) is 5.19. The minimum Gasteiger partial charge on any atom is -0.399 e. The van der Waals surface area contributed by atoms with Crippen LogP contribution in [0.3, 0.4) is 0 Å². The number of benzene rings is 1. The van der Waals surface area contributed by atoms with E-state index in [9.17, 15) is 4.39 Å². The number of tetrazole rings is 1. The summed E-state index contributed by atoms with van der Waals surface area (Å²) in [4.78, 5) is 3.38. The highest BCUT2D eigenvalue weighted by Gasteiger charge is 2.26. The highest BCUT2D eigenvalue weighted by molar-refractivity contribution is 5.47. The minimum absolute atomic E-state index is 0.382. The summed E-state index contributed by atoms with van der Waals surface area (Å²) in [6.07, 6.45) is 1.82. The van der Waals surface area contributed by atoms with Crippen LogP contribution < -0.4 is 10.6 Å². The lowest BCUT2D eigenvalue weighted by Gasteiger charge is -2.12. The van der Waals surface area contributed by atoms with Gasteiger partial charge in [-0.1, -0.05) is 5.10 Å². The van der Waals surface area contributed by atoms with Crippen LogP contribution >= 0.6 is 0 Å². The molecule has 0 saturated carbocycles. The van der Waals surface area contributed by atoms with E-state index in [-0.39, 0.29) is 0 Å². The molecule has 3 heterocycles. The molecule has 112 valence electrons. The van der Waals surface area contributed by atoms with Crippen molar-refractivity contribution in [2.24, 2.45) is 7.05 Å². The van der Waals surface area contributed by atoms with Crippen LogP contribution in [-0.4, -0.2) is 30.0 Å². The normalized spacial score (nSPS) is 13.6. The van der Waals surface area contributed by atoms with Crippen molar-refractivity contribution in [1.29, 1.82) is 0 Å². The molecule has 0 bridgehead atoms. The fraction of sp³-hybridized carbons (Fsp3) is 0.231. The van der Waals surface area contributed by atoms with Crippen LogP contribution in [0, 0.1) is 5.82 Å². The molecule has 0 aliphatic carbocycles. The second-order valence-electron chi connectivity index (χ2n) is 5.19. The van der Waals surface area contributed by atoms with Crippen molar-refractivity contribution in [2.75, 3.05) is 10.6 Å². The number of nitrogens with two attached hydrogens (primary N) is 1. The number of anilines is 2. The summed E-state index contributed by atoms with van der Waals surface area (Å²) in [5.74, 6) is 0.166. The van der Waals surface area contributed by atoms with Gasteiger partial charge in [0.05, 0.1) is 19.3 Å². The maximum atomic E-state index is 14.0. The second kappa shape index (κ2) is 4.52. The molecule has 9 heteroatoms. The summed E-state index contributed by atoms with van der Waals surface area (Å²) in [6.45, 7) is 1.20. The van der Waals surface area contributed by atoms with Crippen molar-refractivity contribution in [3.05, 3.63) is 41.5 Å². The van der Waals surface area contributed by atoms with E-state index in [4.69, 9.17) is 5.73 Å². The van der Waals surface area contributed by atoms with E-state index in [0.29, 0.717) is 30.4 Å². The number of nitrogens with zero attached hydrogens (tertiary/aromatic N) is 7. The van der Waals surface area contributed by atoms with Gasteiger partial charge in [-0.25, -0.2) is 9.07 Å². The Morgan fingerprint density at radius 3 is 2.77 bits per heavy atom. The monoisotopic (exact) mass is 300 g/mol. The molecule has 1 aliphatic heterocycles. The van der Waals surface area contributed by atoms with Gasteiger partial charge in [0.15, 0.2) is 5.82 Å². The molecule has 0 radical (unpaired) electrons. The molecule has 0 amide bonds. The molecule has 2 aromatic heterocycles. The summed E-state index contributed by atoms with van der Waals surface area (Å²) in [5, 5.41) is 16.4. The van der Waals surface area contributed by atoms with Crippen LogP contribution in [0.15, 0.2) is 24.4 Å². The first-order chi connectivity index (χ1) is 10.6. The molecule has 3 aromatic rings. The summed E-state index contributed by atoms with van der Waals surface area (Å²) < 4.78 is 15.5. The third-order valence-corrected chi connectivity index (χ3v) is 3.58. The molecule has 1 aliphatic rings. The smallest absolute Gasteiger partial charge is 0.266 e. The van der Waals surface area contributed by atoms with Gasteiger partial charge >= 0.3 is 0 Å². The number of hydrogen-bond acceptors (Lipinski definition) is 6. The summed E-state index contributed by atoms with van der Waals surface area (Å²) in [7, 11) is 1.72. The van der Waals surface area contributed by atoms with Crippen LogP contribution in [0.1, 0.15) is 11.3 Å². The van der Waals surface area contributed by atoms with Crippen molar-refractivity contribution in [3.8, 4) is 5.69 Å². The van der Waals surface area contributed by atoms with Gasteiger partial charge < -0.3 is 10.6 Å². The van der Waals surface area contributed by atoms with E-state index in [1.165, 1.54) is 10.9 Å². The van der Waals surface area contributed by atoms with Crippen LogP contribution in [0.4, 0.5) is 16.0 Å². The fourth-order valence-electron chi connectivity index (χ4n) is 2.53. The fourth-order valence-corrected chi connectivity index (χ4v) is 2.53. The highest BCUT2D eigenvalue weighted by Crippen LogP contribution is 2.26. The number of nitrogen functional groups attached to an aromatic ring is 1. The summed E-state index contributed by atoms with van der Waals surface area (Å²) >= 11 is 0. The van der Waals surface area contributed by atoms with E-state index in [0.717, 1.165) is 11.3 Å². The van der Waals surface area contributed by atoms with Crippen molar-refractivity contribution in [3.63, 3.8) is 0 Å². The van der Waals surface area contributed by atoms with Crippen molar-refractivity contribution >= 4 is 11.6 Å². The zero-order valence-corrected chi connectivity index (χ0v) is 11.8. The molecule has 0 atom stereocenters. The van der Waals surface area contributed by atoms with Crippen molar-refractivity contribution < 1.29 is 4.39 Å². The highest BCUT2D eigenvalue weighted by atomic mass is 19.1. The molecular formula is C13H13FN8. The molecule has 0 unspecified atom stereocenters. The molecular weight excluding hydrogens is 287 g/mol. The Hall–Kier alpha value is -2.97. The first kappa shape index (κ1) is 12.7. The van der Waals surface area contributed by atoms with Gasteiger partial charge in [0, 0.05) is 24.0 Å². The van der Waals surface area contributed by atoms with E-state index in [2.05, 4.69) is 20.5 Å². The Morgan fingerprint density at radius 1 is 1.23 bits per heavy atom. The SMILES string of the molecule is Cn1nnc(N2Cc3cn(-c4ccc(N)cc4F)nc3C2)n1. The molecule has 22 heavy (non-hydrogen) atoms. The number of hydrogen-bond donors (Lipinski definition) is 1. The summed E-state index contributed by atoms with van der Waals surface area (Å²) in [5.41, 5.74) is 8.23. The number of rotatable bonds is 2. The van der Waals surface area contributed by atoms with Gasteiger partial charge in [0.25, 0.3) is 5.95 Å². The predicted octanol–water partition coefficient (Wildman–Crippen LogP) is 0.637. The molecule has 4 rings (SSSR count). The zero-order chi connectivity index (χ0) is 15.3. The Kier molecular flexibility index (Phi) is 2.62.